The van der Waals surface area contributed by atoms with Gasteiger partial charge in [0.1, 0.15) is 0 Å². The molecule has 0 aromatic rings. The van der Waals surface area contributed by atoms with Crippen LogP contribution in [-0.2, 0) is 4.74 Å². The van der Waals surface area contributed by atoms with Crippen molar-refractivity contribution in [2.24, 2.45) is 5.92 Å². The molecule has 2 N–H and O–H groups in total. The van der Waals surface area contributed by atoms with Crippen molar-refractivity contribution in [1.29, 1.82) is 0 Å². The molecule has 0 saturated heterocycles. The minimum absolute atomic E-state index is 0.119. The second-order valence-corrected chi connectivity index (χ2v) is 3.42. The van der Waals surface area contributed by atoms with Crippen LogP contribution in [0.1, 0.15) is 19.8 Å². The zero-order valence-corrected chi connectivity index (χ0v) is 7.75. The Morgan fingerprint density at radius 1 is 1.58 bits per heavy atom. The first-order valence-corrected chi connectivity index (χ1v) is 4.78. The van der Waals surface area contributed by atoms with Crippen molar-refractivity contribution in [3.8, 4) is 0 Å². The summed E-state index contributed by atoms with van der Waals surface area (Å²) in [6, 6.07) is 0.119. The summed E-state index contributed by atoms with van der Waals surface area (Å²) in [6.07, 6.45) is 2.65. The molecular formula is C9H19NO2. The molecule has 0 aromatic carbocycles. The Labute approximate surface area is 74.1 Å². The normalized spacial score (nSPS) is 19.5. The number of likely N-dealkylation sites (N-methyl/N-ethyl adjacent to an activating group) is 1. The first-order valence-electron chi connectivity index (χ1n) is 4.78. The van der Waals surface area contributed by atoms with Crippen molar-refractivity contribution in [2.45, 2.75) is 25.8 Å². The molecule has 1 atom stereocenters. The lowest BCUT2D eigenvalue weighted by Gasteiger charge is -2.14. The number of hydrogen-bond donors (Lipinski definition) is 2. The highest BCUT2D eigenvalue weighted by atomic mass is 16.5. The van der Waals surface area contributed by atoms with Gasteiger partial charge in [-0.25, -0.2) is 0 Å². The molecule has 1 aliphatic rings. The van der Waals surface area contributed by atoms with Crippen LogP contribution in [0.25, 0.3) is 0 Å². The first kappa shape index (κ1) is 9.96. The van der Waals surface area contributed by atoms with E-state index in [0.717, 1.165) is 19.1 Å². The Balaban J connectivity index is 1.93. The van der Waals surface area contributed by atoms with Crippen LogP contribution >= 0.6 is 0 Å². The van der Waals surface area contributed by atoms with E-state index in [1.807, 2.05) is 6.92 Å². The maximum Gasteiger partial charge on any atom is 0.0642 e. The minimum Gasteiger partial charge on any atom is -0.395 e. The fraction of sp³-hybridized carbons (Fsp3) is 1.00. The second-order valence-electron chi connectivity index (χ2n) is 3.42. The summed E-state index contributed by atoms with van der Waals surface area (Å²) in [5.74, 6) is 0.811. The molecule has 1 unspecified atom stereocenters. The number of ether oxygens (including phenoxy) is 1. The van der Waals surface area contributed by atoms with Crippen molar-refractivity contribution >= 4 is 0 Å². The average Bonchev–Trinajstić information content (AvgIpc) is 2.87. The predicted octanol–water partition coefficient (Wildman–Crippen LogP) is 0.383. The Kier molecular flexibility index (Phi) is 4.58. The van der Waals surface area contributed by atoms with Crippen molar-refractivity contribution in [2.75, 3.05) is 26.4 Å². The molecule has 3 heteroatoms. The van der Waals surface area contributed by atoms with Crippen LogP contribution < -0.4 is 5.32 Å². The zero-order chi connectivity index (χ0) is 8.81. The predicted molar refractivity (Wildman–Crippen MR) is 48.1 cm³/mol. The smallest absolute Gasteiger partial charge is 0.0642 e. The summed E-state index contributed by atoms with van der Waals surface area (Å²) in [6.45, 7) is 4.60. The molecular weight excluding hydrogens is 154 g/mol. The quantitative estimate of drug-likeness (QED) is 0.585. The summed E-state index contributed by atoms with van der Waals surface area (Å²) >= 11 is 0. The van der Waals surface area contributed by atoms with Gasteiger partial charge < -0.3 is 15.2 Å². The summed E-state index contributed by atoms with van der Waals surface area (Å²) < 4.78 is 5.44. The molecule has 1 fully saturated rings. The number of hydrogen-bond acceptors (Lipinski definition) is 3. The van der Waals surface area contributed by atoms with Gasteiger partial charge in [0.2, 0.25) is 0 Å². The molecule has 72 valence electrons. The highest BCUT2D eigenvalue weighted by Crippen LogP contribution is 2.28. The van der Waals surface area contributed by atoms with Gasteiger partial charge in [-0.1, -0.05) is 6.92 Å². The lowest BCUT2D eigenvalue weighted by Crippen LogP contribution is -2.36. The highest BCUT2D eigenvalue weighted by Gasteiger charge is 2.21. The lowest BCUT2D eigenvalue weighted by atomic mass is 10.3. The molecule has 1 saturated carbocycles. The SMILES string of the molecule is CCNC(CO)COCC1CC1. The molecule has 0 bridgehead atoms. The van der Waals surface area contributed by atoms with Gasteiger partial charge in [-0.15, -0.1) is 0 Å². The molecule has 1 aliphatic carbocycles. The van der Waals surface area contributed by atoms with E-state index in [1.165, 1.54) is 12.8 Å². The Morgan fingerprint density at radius 2 is 2.33 bits per heavy atom. The highest BCUT2D eigenvalue weighted by molar-refractivity contribution is 4.72. The largest absolute Gasteiger partial charge is 0.395 e. The van der Waals surface area contributed by atoms with Gasteiger partial charge in [-0.05, 0) is 25.3 Å². The maximum absolute atomic E-state index is 8.90. The van der Waals surface area contributed by atoms with E-state index in [-0.39, 0.29) is 12.6 Å². The van der Waals surface area contributed by atoms with E-state index in [4.69, 9.17) is 9.84 Å². The molecule has 0 amide bonds. The van der Waals surface area contributed by atoms with Crippen LogP contribution in [-0.4, -0.2) is 37.5 Å². The molecule has 0 aliphatic heterocycles. The zero-order valence-electron chi connectivity index (χ0n) is 7.75. The van der Waals surface area contributed by atoms with Crippen LogP contribution in [0.3, 0.4) is 0 Å². The van der Waals surface area contributed by atoms with Crippen LogP contribution in [0.2, 0.25) is 0 Å². The van der Waals surface area contributed by atoms with E-state index in [2.05, 4.69) is 5.32 Å². The molecule has 0 radical (unpaired) electrons. The summed E-state index contributed by atoms with van der Waals surface area (Å²) in [7, 11) is 0. The van der Waals surface area contributed by atoms with E-state index in [9.17, 15) is 0 Å². The summed E-state index contributed by atoms with van der Waals surface area (Å²) in [5, 5.41) is 12.0. The Bertz CT molecular complexity index is 115. The second kappa shape index (κ2) is 5.51. The standard InChI is InChI=1S/C9H19NO2/c1-2-10-9(5-11)7-12-6-8-3-4-8/h8-11H,2-7H2,1H3. The molecule has 0 spiro atoms. The number of nitrogens with one attached hydrogen (secondary N) is 1. The van der Waals surface area contributed by atoms with Crippen molar-refractivity contribution in [1.82, 2.24) is 5.32 Å². The van der Waals surface area contributed by atoms with E-state index in [1.54, 1.807) is 0 Å². The third-order valence-corrected chi connectivity index (χ3v) is 2.08. The molecule has 1 rings (SSSR count). The minimum atomic E-state index is 0.119. The van der Waals surface area contributed by atoms with E-state index < -0.39 is 0 Å². The number of aliphatic hydroxyl groups excluding tert-OH is 1. The van der Waals surface area contributed by atoms with Gasteiger partial charge >= 0.3 is 0 Å². The van der Waals surface area contributed by atoms with Crippen LogP contribution in [0, 0.1) is 5.92 Å². The van der Waals surface area contributed by atoms with Gasteiger partial charge in [0, 0.05) is 6.61 Å². The maximum atomic E-state index is 8.90. The molecule has 0 aromatic heterocycles. The van der Waals surface area contributed by atoms with E-state index in [0.29, 0.717) is 6.61 Å². The Hall–Kier alpha value is -0.120. The monoisotopic (exact) mass is 173 g/mol. The van der Waals surface area contributed by atoms with Crippen molar-refractivity contribution in [3.05, 3.63) is 0 Å². The first-order chi connectivity index (χ1) is 5.86. The van der Waals surface area contributed by atoms with Crippen LogP contribution in [0.15, 0.2) is 0 Å². The fourth-order valence-electron chi connectivity index (χ4n) is 1.13. The molecule has 12 heavy (non-hydrogen) atoms. The van der Waals surface area contributed by atoms with Gasteiger partial charge in [0.15, 0.2) is 0 Å². The van der Waals surface area contributed by atoms with Crippen molar-refractivity contribution in [3.63, 3.8) is 0 Å². The summed E-state index contributed by atoms with van der Waals surface area (Å²) in [4.78, 5) is 0. The van der Waals surface area contributed by atoms with Gasteiger partial charge in [0.05, 0.1) is 19.3 Å². The van der Waals surface area contributed by atoms with Crippen molar-refractivity contribution < 1.29 is 9.84 Å². The average molecular weight is 173 g/mol. The molecule has 0 heterocycles. The number of rotatable bonds is 7. The third-order valence-electron chi connectivity index (χ3n) is 2.08. The molecule has 3 nitrogen and oxygen atoms in total. The van der Waals surface area contributed by atoms with Crippen LogP contribution in [0.5, 0.6) is 0 Å². The number of aliphatic hydroxyl groups is 1. The fourth-order valence-corrected chi connectivity index (χ4v) is 1.13. The van der Waals surface area contributed by atoms with Gasteiger partial charge in [0.25, 0.3) is 0 Å². The van der Waals surface area contributed by atoms with Gasteiger partial charge in [-0.2, -0.15) is 0 Å². The van der Waals surface area contributed by atoms with Gasteiger partial charge in [-0.3, -0.25) is 0 Å². The summed E-state index contributed by atoms with van der Waals surface area (Å²) in [5.41, 5.74) is 0. The van der Waals surface area contributed by atoms with Crippen LogP contribution in [0.4, 0.5) is 0 Å². The Morgan fingerprint density at radius 3 is 2.83 bits per heavy atom. The topological polar surface area (TPSA) is 41.5 Å². The third kappa shape index (κ3) is 4.04. The lowest BCUT2D eigenvalue weighted by molar-refractivity contribution is 0.0827. The van der Waals surface area contributed by atoms with E-state index >= 15 is 0 Å².